The van der Waals surface area contributed by atoms with Crippen molar-refractivity contribution in [2.24, 2.45) is 5.92 Å². The van der Waals surface area contributed by atoms with Crippen molar-refractivity contribution in [1.82, 2.24) is 4.31 Å². The van der Waals surface area contributed by atoms with E-state index in [-0.39, 0.29) is 0 Å². The normalized spacial score (nSPS) is 20.4. The van der Waals surface area contributed by atoms with Gasteiger partial charge in [-0.15, -0.1) is 0 Å². The van der Waals surface area contributed by atoms with Crippen molar-refractivity contribution in [2.45, 2.75) is 37.7 Å². The predicted molar refractivity (Wildman–Crippen MR) is 74.2 cm³/mol. The molecule has 106 valence electrons. The lowest BCUT2D eigenvalue weighted by Crippen LogP contribution is -2.37. The van der Waals surface area contributed by atoms with E-state index >= 15 is 0 Å². The van der Waals surface area contributed by atoms with Crippen molar-refractivity contribution in [2.75, 3.05) is 13.1 Å². The standard InChI is InChI=1S/C14H21NO3S/c1-11-7-9-15(10-8-11)19(17,18)14-5-3-13(4-6-14)12(2)16/h3-6,11-12,16H,7-10H2,1-2H3. The van der Waals surface area contributed by atoms with Crippen LogP contribution in [-0.4, -0.2) is 30.9 Å². The lowest BCUT2D eigenvalue weighted by atomic mass is 10.0. The summed E-state index contributed by atoms with van der Waals surface area (Å²) in [5, 5.41) is 9.44. The summed E-state index contributed by atoms with van der Waals surface area (Å²) in [5.41, 5.74) is 0.728. The summed E-state index contributed by atoms with van der Waals surface area (Å²) >= 11 is 0. The second kappa shape index (κ2) is 5.61. The Bertz CT molecular complexity index is 514. The molecule has 19 heavy (non-hydrogen) atoms. The predicted octanol–water partition coefficient (Wildman–Crippen LogP) is 2.16. The van der Waals surface area contributed by atoms with E-state index in [1.54, 1.807) is 35.5 Å². The van der Waals surface area contributed by atoms with E-state index in [0.717, 1.165) is 18.4 Å². The van der Waals surface area contributed by atoms with Crippen LogP contribution in [0, 0.1) is 5.92 Å². The first kappa shape index (κ1) is 14.5. The number of hydrogen-bond donors (Lipinski definition) is 1. The zero-order valence-corrected chi connectivity index (χ0v) is 12.2. The Kier molecular flexibility index (Phi) is 4.28. The molecule has 1 aromatic carbocycles. The second-order valence-corrected chi connectivity index (χ2v) is 7.27. The number of sulfonamides is 1. The Morgan fingerprint density at radius 1 is 1.21 bits per heavy atom. The highest BCUT2D eigenvalue weighted by Crippen LogP contribution is 2.24. The van der Waals surface area contributed by atoms with Crippen molar-refractivity contribution in [3.05, 3.63) is 29.8 Å². The van der Waals surface area contributed by atoms with Gasteiger partial charge in [-0.25, -0.2) is 8.42 Å². The third-order valence-electron chi connectivity index (χ3n) is 3.74. The molecular weight excluding hydrogens is 262 g/mol. The van der Waals surface area contributed by atoms with E-state index in [9.17, 15) is 13.5 Å². The first-order chi connectivity index (χ1) is 8.91. The quantitative estimate of drug-likeness (QED) is 0.925. The van der Waals surface area contributed by atoms with Crippen molar-refractivity contribution in [1.29, 1.82) is 0 Å². The minimum Gasteiger partial charge on any atom is -0.389 e. The van der Waals surface area contributed by atoms with Crippen LogP contribution in [0.15, 0.2) is 29.2 Å². The summed E-state index contributed by atoms with van der Waals surface area (Å²) in [5.74, 6) is 0.601. The molecule has 0 saturated carbocycles. The minimum absolute atomic E-state index is 0.312. The van der Waals surface area contributed by atoms with E-state index in [4.69, 9.17) is 0 Å². The van der Waals surface area contributed by atoms with E-state index in [1.807, 2.05) is 0 Å². The minimum atomic E-state index is -3.38. The smallest absolute Gasteiger partial charge is 0.243 e. The zero-order valence-electron chi connectivity index (χ0n) is 11.4. The van der Waals surface area contributed by atoms with Gasteiger partial charge in [0.1, 0.15) is 0 Å². The summed E-state index contributed by atoms with van der Waals surface area (Å²) in [6, 6.07) is 6.50. The van der Waals surface area contributed by atoms with Gasteiger partial charge in [0.2, 0.25) is 10.0 Å². The third-order valence-corrected chi connectivity index (χ3v) is 5.66. The van der Waals surface area contributed by atoms with Gasteiger partial charge in [0.15, 0.2) is 0 Å². The number of rotatable bonds is 3. The molecule has 1 N–H and O–H groups in total. The van der Waals surface area contributed by atoms with Gasteiger partial charge >= 0.3 is 0 Å². The molecule has 1 aliphatic rings. The van der Waals surface area contributed by atoms with Gasteiger partial charge in [0.25, 0.3) is 0 Å². The number of hydrogen-bond acceptors (Lipinski definition) is 3. The molecule has 0 radical (unpaired) electrons. The molecule has 1 aliphatic heterocycles. The number of nitrogens with zero attached hydrogens (tertiary/aromatic N) is 1. The molecule has 5 heteroatoms. The average Bonchev–Trinajstić information content (AvgIpc) is 2.39. The maximum Gasteiger partial charge on any atom is 0.243 e. The van der Waals surface area contributed by atoms with E-state index in [0.29, 0.717) is 23.9 Å². The molecule has 0 amide bonds. The van der Waals surface area contributed by atoms with Gasteiger partial charge < -0.3 is 5.11 Å². The van der Waals surface area contributed by atoms with Crippen molar-refractivity contribution < 1.29 is 13.5 Å². The molecule has 1 heterocycles. The Hall–Kier alpha value is -0.910. The average molecular weight is 283 g/mol. The highest BCUT2D eigenvalue weighted by atomic mass is 32.2. The van der Waals surface area contributed by atoms with E-state index in [2.05, 4.69) is 6.92 Å². The molecule has 0 aliphatic carbocycles. The lowest BCUT2D eigenvalue weighted by molar-refractivity contribution is 0.199. The molecule has 1 aromatic rings. The van der Waals surface area contributed by atoms with Crippen LogP contribution in [0.3, 0.4) is 0 Å². The maximum absolute atomic E-state index is 12.4. The Balaban J connectivity index is 2.19. The van der Waals surface area contributed by atoms with Crippen LogP contribution < -0.4 is 0 Å². The van der Waals surface area contributed by atoms with Crippen LogP contribution in [0.4, 0.5) is 0 Å². The molecule has 0 spiro atoms. The van der Waals surface area contributed by atoms with Gasteiger partial charge in [-0.2, -0.15) is 4.31 Å². The zero-order chi connectivity index (χ0) is 14.0. The van der Waals surface area contributed by atoms with Gasteiger partial charge in [-0.05, 0) is 43.4 Å². The monoisotopic (exact) mass is 283 g/mol. The fraction of sp³-hybridized carbons (Fsp3) is 0.571. The van der Waals surface area contributed by atoms with E-state index < -0.39 is 16.1 Å². The van der Waals surface area contributed by atoms with Crippen LogP contribution in [0.25, 0.3) is 0 Å². The summed E-state index contributed by atoms with van der Waals surface area (Å²) in [4.78, 5) is 0.312. The molecule has 0 bridgehead atoms. The molecule has 2 rings (SSSR count). The fourth-order valence-corrected chi connectivity index (χ4v) is 3.76. The number of piperidine rings is 1. The van der Waals surface area contributed by atoms with Gasteiger partial charge in [-0.3, -0.25) is 0 Å². The topological polar surface area (TPSA) is 57.6 Å². The second-order valence-electron chi connectivity index (χ2n) is 5.33. The molecule has 1 fully saturated rings. The van der Waals surface area contributed by atoms with Gasteiger partial charge in [-0.1, -0.05) is 19.1 Å². The van der Waals surface area contributed by atoms with Crippen LogP contribution in [0.2, 0.25) is 0 Å². The Labute approximate surface area is 115 Å². The Morgan fingerprint density at radius 3 is 2.21 bits per heavy atom. The van der Waals surface area contributed by atoms with Crippen LogP contribution >= 0.6 is 0 Å². The van der Waals surface area contributed by atoms with Gasteiger partial charge in [0.05, 0.1) is 11.0 Å². The van der Waals surface area contributed by atoms with Crippen molar-refractivity contribution in [3.8, 4) is 0 Å². The SMILES string of the molecule is CC1CCN(S(=O)(=O)c2ccc(C(C)O)cc2)CC1. The molecule has 1 saturated heterocycles. The third kappa shape index (κ3) is 3.16. The fourth-order valence-electron chi connectivity index (χ4n) is 2.29. The molecular formula is C14H21NO3S. The summed E-state index contributed by atoms with van der Waals surface area (Å²) in [6.45, 7) is 5.01. The molecule has 1 atom stereocenters. The summed E-state index contributed by atoms with van der Waals surface area (Å²) < 4.78 is 26.4. The van der Waals surface area contributed by atoms with E-state index in [1.165, 1.54) is 0 Å². The van der Waals surface area contributed by atoms with Crippen LogP contribution in [0.1, 0.15) is 38.4 Å². The highest BCUT2D eigenvalue weighted by Gasteiger charge is 2.27. The summed E-state index contributed by atoms with van der Waals surface area (Å²) in [6.07, 6.45) is 1.27. The molecule has 4 nitrogen and oxygen atoms in total. The maximum atomic E-state index is 12.4. The first-order valence-corrected chi connectivity index (χ1v) is 8.13. The van der Waals surface area contributed by atoms with Crippen molar-refractivity contribution >= 4 is 10.0 Å². The first-order valence-electron chi connectivity index (χ1n) is 6.69. The largest absolute Gasteiger partial charge is 0.389 e. The Morgan fingerprint density at radius 2 is 1.74 bits per heavy atom. The molecule has 0 aromatic heterocycles. The lowest BCUT2D eigenvalue weighted by Gasteiger charge is -2.29. The van der Waals surface area contributed by atoms with Gasteiger partial charge in [0, 0.05) is 13.1 Å². The van der Waals surface area contributed by atoms with Crippen LogP contribution in [0.5, 0.6) is 0 Å². The highest BCUT2D eigenvalue weighted by molar-refractivity contribution is 7.89. The summed E-state index contributed by atoms with van der Waals surface area (Å²) in [7, 11) is -3.38. The molecule has 1 unspecified atom stereocenters. The van der Waals surface area contributed by atoms with Crippen molar-refractivity contribution in [3.63, 3.8) is 0 Å². The van der Waals surface area contributed by atoms with Crippen LogP contribution in [-0.2, 0) is 10.0 Å². The number of aliphatic hydroxyl groups is 1. The number of benzene rings is 1. The number of aliphatic hydroxyl groups excluding tert-OH is 1.